The Morgan fingerprint density at radius 3 is 2.47 bits per heavy atom. The van der Waals surface area contributed by atoms with Crippen LogP contribution in [0.4, 0.5) is 15.8 Å². The molecule has 0 aliphatic carbocycles. The molecule has 0 fully saturated rings. The Morgan fingerprint density at radius 1 is 1.21 bits per heavy atom. The standard InChI is InChI=1S/C15H13ClFNO/c1-2-18(14-7-5-13(17)6-8-14)15-9-12(16)4-3-11(15)10-19/h3-10H,2H2,1H3. The topological polar surface area (TPSA) is 20.3 Å². The van der Waals surface area contributed by atoms with E-state index in [-0.39, 0.29) is 5.82 Å². The fourth-order valence-corrected chi connectivity index (χ4v) is 2.13. The molecule has 0 atom stereocenters. The maximum Gasteiger partial charge on any atom is 0.152 e. The first-order valence-corrected chi connectivity index (χ1v) is 6.31. The van der Waals surface area contributed by atoms with Gasteiger partial charge in [-0.05, 0) is 49.4 Å². The van der Waals surface area contributed by atoms with E-state index in [0.717, 1.165) is 17.7 Å². The van der Waals surface area contributed by atoms with E-state index in [0.29, 0.717) is 17.1 Å². The molecule has 2 aromatic carbocycles. The number of hydrogen-bond acceptors (Lipinski definition) is 2. The molecule has 98 valence electrons. The maximum atomic E-state index is 13.0. The van der Waals surface area contributed by atoms with Crippen molar-refractivity contribution in [1.29, 1.82) is 0 Å². The molecule has 0 radical (unpaired) electrons. The van der Waals surface area contributed by atoms with Crippen LogP contribution in [0.2, 0.25) is 5.02 Å². The molecule has 2 nitrogen and oxygen atoms in total. The molecule has 4 heteroatoms. The van der Waals surface area contributed by atoms with Crippen molar-refractivity contribution in [2.45, 2.75) is 6.92 Å². The SMILES string of the molecule is CCN(c1ccc(F)cc1)c1cc(Cl)ccc1C=O. The summed E-state index contributed by atoms with van der Waals surface area (Å²) < 4.78 is 13.0. The Bertz CT molecular complexity index is 583. The smallest absolute Gasteiger partial charge is 0.152 e. The highest BCUT2D eigenvalue weighted by molar-refractivity contribution is 6.31. The number of anilines is 2. The van der Waals surface area contributed by atoms with Gasteiger partial charge in [-0.2, -0.15) is 0 Å². The third kappa shape index (κ3) is 2.93. The fraction of sp³-hybridized carbons (Fsp3) is 0.133. The lowest BCUT2D eigenvalue weighted by atomic mass is 10.1. The minimum absolute atomic E-state index is 0.290. The van der Waals surface area contributed by atoms with Crippen molar-refractivity contribution >= 4 is 29.3 Å². The summed E-state index contributed by atoms with van der Waals surface area (Å²) in [5, 5.41) is 0.557. The lowest BCUT2D eigenvalue weighted by molar-refractivity contribution is 0.112. The first-order valence-electron chi connectivity index (χ1n) is 5.93. The molecule has 2 aromatic rings. The van der Waals surface area contributed by atoms with Crippen molar-refractivity contribution in [3.63, 3.8) is 0 Å². The van der Waals surface area contributed by atoms with Crippen molar-refractivity contribution in [2.75, 3.05) is 11.4 Å². The summed E-state index contributed by atoms with van der Waals surface area (Å²) in [6, 6.07) is 11.2. The van der Waals surface area contributed by atoms with Crippen molar-refractivity contribution in [3.8, 4) is 0 Å². The van der Waals surface area contributed by atoms with E-state index in [4.69, 9.17) is 11.6 Å². The lowest BCUT2D eigenvalue weighted by Crippen LogP contribution is -2.17. The van der Waals surface area contributed by atoms with Crippen LogP contribution in [0.1, 0.15) is 17.3 Å². The Morgan fingerprint density at radius 2 is 1.89 bits per heavy atom. The summed E-state index contributed by atoms with van der Waals surface area (Å²) in [5.41, 5.74) is 2.08. The van der Waals surface area contributed by atoms with Crippen molar-refractivity contribution in [1.82, 2.24) is 0 Å². The van der Waals surface area contributed by atoms with Gasteiger partial charge in [0.1, 0.15) is 5.82 Å². The normalized spacial score (nSPS) is 10.3. The molecule has 0 heterocycles. The van der Waals surface area contributed by atoms with Gasteiger partial charge in [-0.3, -0.25) is 4.79 Å². The number of carbonyl (C=O) groups excluding carboxylic acids is 1. The average molecular weight is 278 g/mol. The van der Waals surface area contributed by atoms with Gasteiger partial charge in [-0.25, -0.2) is 4.39 Å². The number of halogens is 2. The number of nitrogens with zero attached hydrogens (tertiary/aromatic N) is 1. The molecule has 0 N–H and O–H groups in total. The fourth-order valence-electron chi connectivity index (χ4n) is 1.96. The summed E-state index contributed by atoms with van der Waals surface area (Å²) in [6.45, 7) is 2.60. The minimum atomic E-state index is -0.290. The van der Waals surface area contributed by atoms with E-state index in [2.05, 4.69) is 0 Å². The van der Waals surface area contributed by atoms with Crippen LogP contribution in [0.3, 0.4) is 0 Å². The third-order valence-corrected chi connectivity index (χ3v) is 3.10. The van der Waals surface area contributed by atoms with Gasteiger partial charge in [0.2, 0.25) is 0 Å². The molecular weight excluding hydrogens is 265 g/mol. The molecule has 19 heavy (non-hydrogen) atoms. The molecule has 0 saturated heterocycles. The van der Waals surface area contributed by atoms with Gasteiger partial charge in [-0.15, -0.1) is 0 Å². The number of benzene rings is 2. The predicted molar refractivity (Wildman–Crippen MR) is 75.9 cm³/mol. The van der Waals surface area contributed by atoms with Gasteiger partial charge >= 0.3 is 0 Å². The number of aldehydes is 1. The highest BCUT2D eigenvalue weighted by atomic mass is 35.5. The van der Waals surface area contributed by atoms with Crippen LogP contribution in [-0.2, 0) is 0 Å². The molecule has 0 amide bonds. The molecule has 2 rings (SSSR count). The average Bonchev–Trinajstić information content (AvgIpc) is 2.42. The predicted octanol–water partition coefficient (Wildman–Crippen LogP) is 4.45. The highest BCUT2D eigenvalue weighted by Gasteiger charge is 2.12. The van der Waals surface area contributed by atoms with Gasteiger partial charge in [0.05, 0.1) is 5.69 Å². The molecule has 0 unspecified atom stereocenters. The highest BCUT2D eigenvalue weighted by Crippen LogP contribution is 2.30. The van der Waals surface area contributed by atoms with Crippen LogP contribution >= 0.6 is 11.6 Å². The second-order valence-corrected chi connectivity index (χ2v) is 4.48. The largest absolute Gasteiger partial charge is 0.341 e. The molecule has 0 aliphatic heterocycles. The van der Waals surface area contributed by atoms with Crippen molar-refractivity contribution in [2.24, 2.45) is 0 Å². The zero-order chi connectivity index (χ0) is 13.8. The van der Waals surface area contributed by atoms with Crippen molar-refractivity contribution in [3.05, 3.63) is 58.9 Å². The third-order valence-electron chi connectivity index (χ3n) is 2.86. The number of hydrogen-bond donors (Lipinski definition) is 0. The van der Waals surface area contributed by atoms with Gasteiger partial charge in [0.25, 0.3) is 0 Å². The molecular formula is C15H13ClFNO. The summed E-state index contributed by atoms with van der Waals surface area (Å²) in [7, 11) is 0. The van der Waals surface area contributed by atoms with Gasteiger partial charge < -0.3 is 4.90 Å². The second kappa shape index (κ2) is 5.85. The zero-order valence-electron chi connectivity index (χ0n) is 10.4. The minimum Gasteiger partial charge on any atom is -0.341 e. The first kappa shape index (κ1) is 13.6. The number of carbonyl (C=O) groups is 1. The van der Waals surface area contributed by atoms with Crippen LogP contribution in [0.25, 0.3) is 0 Å². The number of rotatable bonds is 4. The van der Waals surface area contributed by atoms with E-state index in [1.54, 1.807) is 30.3 Å². The Kier molecular flexibility index (Phi) is 4.17. The molecule has 0 saturated carbocycles. The van der Waals surface area contributed by atoms with E-state index in [9.17, 15) is 9.18 Å². The first-order chi connectivity index (χ1) is 9.15. The van der Waals surface area contributed by atoms with Crippen LogP contribution in [0.15, 0.2) is 42.5 Å². The zero-order valence-corrected chi connectivity index (χ0v) is 11.2. The van der Waals surface area contributed by atoms with E-state index in [1.807, 2.05) is 11.8 Å². The van der Waals surface area contributed by atoms with E-state index >= 15 is 0 Å². The van der Waals surface area contributed by atoms with Gasteiger partial charge in [0, 0.05) is 22.8 Å². The molecule has 0 bridgehead atoms. The van der Waals surface area contributed by atoms with Crippen molar-refractivity contribution < 1.29 is 9.18 Å². The Balaban J connectivity index is 2.50. The Labute approximate surface area is 116 Å². The van der Waals surface area contributed by atoms with E-state index < -0.39 is 0 Å². The molecule has 0 aromatic heterocycles. The lowest BCUT2D eigenvalue weighted by Gasteiger charge is -2.24. The van der Waals surface area contributed by atoms with Crippen LogP contribution < -0.4 is 4.90 Å². The Hall–Kier alpha value is -1.87. The summed E-state index contributed by atoms with van der Waals surface area (Å²) in [6.07, 6.45) is 0.790. The second-order valence-electron chi connectivity index (χ2n) is 4.04. The summed E-state index contributed by atoms with van der Waals surface area (Å²) in [5.74, 6) is -0.290. The summed E-state index contributed by atoms with van der Waals surface area (Å²) in [4.78, 5) is 13.0. The van der Waals surface area contributed by atoms with Crippen LogP contribution in [-0.4, -0.2) is 12.8 Å². The van der Waals surface area contributed by atoms with Gasteiger partial charge in [0.15, 0.2) is 6.29 Å². The summed E-state index contributed by atoms with van der Waals surface area (Å²) >= 11 is 5.98. The molecule has 0 aliphatic rings. The van der Waals surface area contributed by atoms with Gasteiger partial charge in [-0.1, -0.05) is 11.6 Å². The monoisotopic (exact) mass is 277 g/mol. The van der Waals surface area contributed by atoms with E-state index in [1.165, 1.54) is 12.1 Å². The quantitative estimate of drug-likeness (QED) is 0.770. The maximum absolute atomic E-state index is 13.0. The van der Waals surface area contributed by atoms with Crippen LogP contribution in [0.5, 0.6) is 0 Å². The molecule has 0 spiro atoms. The van der Waals surface area contributed by atoms with Crippen LogP contribution in [0, 0.1) is 5.82 Å².